The highest BCUT2D eigenvalue weighted by Gasteiger charge is 2.10. The minimum Gasteiger partial charge on any atom is -0.269 e. The molecule has 0 aliphatic carbocycles. The molecular formula is C26H19BrF2I2N6. The van der Waals surface area contributed by atoms with Gasteiger partial charge in [0.2, 0.25) is 0 Å². The Labute approximate surface area is 247 Å². The van der Waals surface area contributed by atoms with Crippen LogP contribution >= 0.6 is 61.1 Å². The molecule has 0 atom stereocenters. The molecule has 1 N–H and O–H groups in total. The molecule has 0 amide bonds. The van der Waals surface area contributed by atoms with Crippen LogP contribution in [0.1, 0.15) is 11.1 Å². The van der Waals surface area contributed by atoms with E-state index >= 15 is 0 Å². The Kier molecular flexibility index (Phi) is 9.91. The lowest BCUT2D eigenvalue weighted by Crippen LogP contribution is -2.04. The van der Waals surface area contributed by atoms with E-state index in [2.05, 4.69) is 86.4 Å². The average Bonchev–Trinajstić information content (AvgIpc) is 3.46. The molecule has 0 bridgehead atoms. The molecule has 188 valence electrons. The first-order valence-electron chi connectivity index (χ1n) is 10.9. The van der Waals surface area contributed by atoms with Crippen molar-refractivity contribution in [3.05, 3.63) is 115 Å². The summed E-state index contributed by atoms with van der Waals surface area (Å²) in [5.74, 6) is -0.360. The molecule has 0 aliphatic rings. The number of hydrogen-bond donors (Lipinski definition) is 1. The topological polar surface area (TPSA) is 72.3 Å². The largest absolute Gasteiger partial charge is 0.269 e. The van der Waals surface area contributed by atoms with Gasteiger partial charge in [-0.2, -0.15) is 10.2 Å². The lowest BCUT2D eigenvalue weighted by molar-refractivity contribution is 0.588. The fourth-order valence-corrected chi connectivity index (χ4v) is 4.97. The van der Waals surface area contributed by atoms with Gasteiger partial charge in [0.25, 0.3) is 0 Å². The van der Waals surface area contributed by atoms with Gasteiger partial charge in [0.05, 0.1) is 17.3 Å². The minimum atomic E-state index is -0.216. The SMILES string of the molecule is Fc1ccccc1CBr.Fc1ccccc1Cn1nc(I)c2cccnc21.Ic1[nH]nc2ncccc12. The summed E-state index contributed by atoms with van der Waals surface area (Å²) in [4.78, 5) is 8.36. The smallest absolute Gasteiger partial charge is 0.181 e. The fraction of sp³-hybridized carbons (Fsp3) is 0.0769. The Hall–Kier alpha value is -2.52. The van der Waals surface area contributed by atoms with E-state index in [-0.39, 0.29) is 11.6 Å². The van der Waals surface area contributed by atoms with E-state index in [0.717, 1.165) is 29.5 Å². The van der Waals surface area contributed by atoms with Crippen molar-refractivity contribution < 1.29 is 8.78 Å². The highest BCUT2D eigenvalue weighted by molar-refractivity contribution is 14.1. The molecule has 0 saturated heterocycles. The Balaban J connectivity index is 0.000000143. The molecule has 37 heavy (non-hydrogen) atoms. The van der Waals surface area contributed by atoms with Gasteiger partial charge in [-0.15, -0.1) is 0 Å². The zero-order valence-electron chi connectivity index (χ0n) is 19.1. The molecule has 11 heteroatoms. The van der Waals surface area contributed by atoms with Crippen LogP contribution in [-0.2, 0) is 11.9 Å². The molecule has 4 aromatic heterocycles. The van der Waals surface area contributed by atoms with Gasteiger partial charge < -0.3 is 0 Å². The monoisotopic (exact) mass is 786 g/mol. The summed E-state index contributed by atoms with van der Waals surface area (Å²) in [6.45, 7) is 0.392. The molecule has 0 spiro atoms. The van der Waals surface area contributed by atoms with E-state index < -0.39 is 0 Å². The van der Waals surface area contributed by atoms with E-state index in [1.54, 1.807) is 41.3 Å². The lowest BCUT2D eigenvalue weighted by atomic mass is 10.2. The molecule has 0 radical (unpaired) electrons. The average molecular weight is 787 g/mol. The van der Waals surface area contributed by atoms with Crippen LogP contribution in [0.2, 0.25) is 0 Å². The second kappa shape index (κ2) is 13.3. The number of fused-ring (bicyclic) bond motifs is 2. The second-order valence-electron chi connectivity index (χ2n) is 7.55. The lowest BCUT2D eigenvalue weighted by Gasteiger charge is -2.04. The van der Waals surface area contributed by atoms with Crippen LogP contribution in [0.15, 0.2) is 85.2 Å². The number of H-pyrrole nitrogens is 1. The van der Waals surface area contributed by atoms with Gasteiger partial charge in [0.15, 0.2) is 11.3 Å². The summed E-state index contributed by atoms with van der Waals surface area (Å²) in [7, 11) is 0. The van der Waals surface area contributed by atoms with Crippen molar-refractivity contribution in [2.75, 3.05) is 0 Å². The van der Waals surface area contributed by atoms with Gasteiger partial charge in [0.1, 0.15) is 19.0 Å². The van der Waals surface area contributed by atoms with Crippen LogP contribution in [0, 0.1) is 19.0 Å². The number of nitrogens with one attached hydrogen (secondary N) is 1. The van der Waals surface area contributed by atoms with Crippen molar-refractivity contribution in [3.8, 4) is 0 Å². The quantitative estimate of drug-likeness (QED) is 0.149. The predicted molar refractivity (Wildman–Crippen MR) is 161 cm³/mol. The zero-order valence-corrected chi connectivity index (χ0v) is 25.0. The van der Waals surface area contributed by atoms with Gasteiger partial charge in [-0.1, -0.05) is 52.3 Å². The Morgan fingerprint density at radius 1 is 0.784 bits per heavy atom. The summed E-state index contributed by atoms with van der Waals surface area (Å²) < 4.78 is 29.8. The van der Waals surface area contributed by atoms with Crippen LogP contribution in [0.25, 0.3) is 22.1 Å². The molecule has 0 saturated carbocycles. The molecule has 4 heterocycles. The number of nitrogens with zero attached hydrogens (tertiary/aromatic N) is 5. The van der Waals surface area contributed by atoms with Crippen molar-refractivity contribution in [2.24, 2.45) is 0 Å². The van der Waals surface area contributed by atoms with Gasteiger partial charge in [-0.05, 0) is 87.1 Å². The predicted octanol–water partition coefficient (Wildman–Crippen LogP) is 7.51. The first kappa shape index (κ1) is 27.5. The Morgan fingerprint density at radius 2 is 1.41 bits per heavy atom. The minimum absolute atomic E-state index is 0.144. The van der Waals surface area contributed by atoms with E-state index in [9.17, 15) is 8.78 Å². The van der Waals surface area contributed by atoms with Gasteiger partial charge in [0, 0.05) is 23.3 Å². The van der Waals surface area contributed by atoms with Crippen molar-refractivity contribution in [1.82, 2.24) is 29.9 Å². The summed E-state index contributed by atoms with van der Waals surface area (Å²) in [5, 5.41) is 13.9. The van der Waals surface area contributed by atoms with Crippen molar-refractivity contribution >= 4 is 83.2 Å². The highest BCUT2D eigenvalue weighted by atomic mass is 127. The molecule has 6 nitrogen and oxygen atoms in total. The maximum Gasteiger partial charge on any atom is 0.181 e. The first-order valence-corrected chi connectivity index (χ1v) is 14.2. The normalized spacial score (nSPS) is 10.5. The number of halogens is 5. The van der Waals surface area contributed by atoms with E-state index in [4.69, 9.17) is 0 Å². The molecule has 6 aromatic rings. The van der Waals surface area contributed by atoms with Crippen molar-refractivity contribution in [2.45, 2.75) is 11.9 Å². The number of aromatic nitrogens is 6. The van der Waals surface area contributed by atoms with Crippen LogP contribution in [0.3, 0.4) is 0 Å². The number of hydrogen-bond acceptors (Lipinski definition) is 4. The van der Waals surface area contributed by atoms with Crippen molar-refractivity contribution in [1.29, 1.82) is 0 Å². The molecule has 0 aliphatic heterocycles. The zero-order chi connectivity index (χ0) is 26.2. The first-order chi connectivity index (χ1) is 18.0. The number of pyridine rings is 2. The number of rotatable bonds is 3. The number of alkyl halides is 1. The van der Waals surface area contributed by atoms with E-state index in [1.807, 2.05) is 36.4 Å². The van der Waals surface area contributed by atoms with Gasteiger partial charge in [-0.25, -0.2) is 23.4 Å². The maximum absolute atomic E-state index is 13.6. The summed E-state index contributed by atoms with van der Waals surface area (Å²) >= 11 is 7.53. The third kappa shape index (κ3) is 7.08. The molecule has 0 fully saturated rings. The highest BCUT2D eigenvalue weighted by Crippen LogP contribution is 2.19. The molecule has 0 unspecified atom stereocenters. The number of aromatic amines is 1. The van der Waals surface area contributed by atoms with Crippen molar-refractivity contribution in [3.63, 3.8) is 0 Å². The molecule has 6 rings (SSSR count). The van der Waals surface area contributed by atoms with Crippen LogP contribution in [0.4, 0.5) is 8.78 Å². The molecular weight excluding hydrogens is 768 g/mol. The fourth-order valence-electron chi connectivity index (χ4n) is 3.30. The van der Waals surface area contributed by atoms with E-state index in [0.29, 0.717) is 23.0 Å². The van der Waals surface area contributed by atoms with Crippen LogP contribution < -0.4 is 0 Å². The summed E-state index contributed by atoms with van der Waals surface area (Å²) in [6, 6.07) is 21.2. The third-order valence-corrected chi connectivity index (χ3v) is 7.35. The van der Waals surface area contributed by atoms with Crippen LogP contribution in [0.5, 0.6) is 0 Å². The Bertz CT molecular complexity index is 1620. The third-order valence-electron chi connectivity index (χ3n) is 5.12. The van der Waals surface area contributed by atoms with Crippen LogP contribution in [-0.4, -0.2) is 29.9 Å². The van der Waals surface area contributed by atoms with E-state index in [1.165, 1.54) is 12.1 Å². The Morgan fingerprint density at radius 3 is 2.03 bits per heavy atom. The summed E-state index contributed by atoms with van der Waals surface area (Å²) in [5.41, 5.74) is 2.89. The summed E-state index contributed by atoms with van der Waals surface area (Å²) in [6.07, 6.45) is 3.46. The number of benzene rings is 2. The second-order valence-corrected chi connectivity index (χ2v) is 10.2. The maximum atomic E-state index is 13.6. The standard InChI is InChI=1S/C13H9FIN3.C7H6BrF.C6H4IN3/c14-11-6-2-1-4-9(11)8-18-13-10(12(15)17-18)5-3-7-16-13;8-5-6-3-1-2-4-7(6)9;7-5-4-2-1-3-8-6(4)10-9-5/h1-7H,8H2;1-4H,5H2;1-3H,(H,8,9,10). The molecule has 2 aromatic carbocycles. The van der Waals surface area contributed by atoms with Gasteiger partial charge in [-0.3, -0.25) is 5.10 Å². The van der Waals surface area contributed by atoms with Gasteiger partial charge >= 0.3 is 0 Å².